The average Bonchev–Trinajstić information content (AvgIpc) is 2.00. The monoisotopic (exact) mass is 251 g/mol. The van der Waals surface area contributed by atoms with E-state index in [9.17, 15) is 4.57 Å². The molecule has 0 bridgehead atoms. The molecular weight excluding hydrogens is 233 g/mol. The SMILES string of the molecule is CC(C#N)NP(=O)(Cl)N(C(C)C)C(C)C. The minimum atomic E-state index is -3.15. The summed E-state index contributed by atoms with van der Waals surface area (Å²) in [4.78, 5) is 0. The average molecular weight is 252 g/mol. The quantitative estimate of drug-likeness (QED) is 0.764. The van der Waals surface area contributed by atoms with Crippen LogP contribution in [0.4, 0.5) is 0 Å². The fraction of sp³-hybridized carbons (Fsp3) is 0.889. The Morgan fingerprint density at radius 3 is 1.93 bits per heavy atom. The van der Waals surface area contributed by atoms with Crippen molar-refractivity contribution in [3.05, 3.63) is 0 Å². The molecule has 0 saturated heterocycles. The van der Waals surface area contributed by atoms with Crippen LogP contribution in [0.15, 0.2) is 0 Å². The van der Waals surface area contributed by atoms with Crippen LogP contribution >= 0.6 is 18.0 Å². The van der Waals surface area contributed by atoms with Crippen molar-refractivity contribution in [3.63, 3.8) is 0 Å². The lowest BCUT2D eigenvalue weighted by Crippen LogP contribution is -2.38. The zero-order valence-electron chi connectivity index (χ0n) is 9.86. The summed E-state index contributed by atoms with van der Waals surface area (Å²) in [6.45, 7) is 6.18. The van der Waals surface area contributed by atoms with Crippen LogP contribution in [0.2, 0.25) is 0 Å². The molecule has 0 saturated carbocycles. The standard InChI is InChI=1S/C9H19ClN3OP/c1-7(2)13(8(3)4)15(10,14)12-9(5)6-11/h7-9H,1-5H3,(H,12,14). The molecule has 15 heavy (non-hydrogen) atoms. The summed E-state index contributed by atoms with van der Waals surface area (Å²) >= 11 is 5.99. The van der Waals surface area contributed by atoms with Crippen LogP contribution in [0.3, 0.4) is 0 Å². The van der Waals surface area contributed by atoms with Crippen LogP contribution in [0.25, 0.3) is 0 Å². The largest absolute Gasteiger partial charge is 0.303 e. The van der Waals surface area contributed by atoms with E-state index in [1.165, 1.54) is 0 Å². The van der Waals surface area contributed by atoms with Crippen LogP contribution in [0.5, 0.6) is 0 Å². The summed E-state index contributed by atoms with van der Waals surface area (Å²) < 4.78 is 13.9. The molecule has 0 spiro atoms. The molecule has 0 radical (unpaired) electrons. The Morgan fingerprint density at radius 1 is 1.27 bits per heavy atom. The van der Waals surface area contributed by atoms with Crippen LogP contribution in [0, 0.1) is 11.3 Å². The maximum atomic E-state index is 12.2. The number of nitrogens with one attached hydrogen (secondary N) is 1. The van der Waals surface area contributed by atoms with E-state index < -0.39 is 12.8 Å². The minimum Gasteiger partial charge on any atom is -0.271 e. The van der Waals surface area contributed by atoms with Gasteiger partial charge in [0.1, 0.15) is 0 Å². The maximum absolute atomic E-state index is 12.2. The Morgan fingerprint density at radius 2 is 1.67 bits per heavy atom. The number of hydrogen-bond donors (Lipinski definition) is 1. The Bertz CT molecular complexity index is 280. The van der Waals surface area contributed by atoms with Gasteiger partial charge in [-0.3, -0.25) is 4.57 Å². The molecule has 88 valence electrons. The Hall–Kier alpha value is -0.0700. The molecule has 2 atom stereocenters. The summed E-state index contributed by atoms with van der Waals surface area (Å²) in [6.07, 6.45) is 0. The van der Waals surface area contributed by atoms with Crippen LogP contribution in [0.1, 0.15) is 34.6 Å². The lowest BCUT2D eigenvalue weighted by Gasteiger charge is -2.34. The van der Waals surface area contributed by atoms with Gasteiger partial charge in [-0.15, -0.1) is 0 Å². The molecule has 0 aromatic heterocycles. The highest BCUT2D eigenvalue weighted by Gasteiger charge is 2.33. The van der Waals surface area contributed by atoms with Crippen molar-refractivity contribution in [1.82, 2.24) is 9.76 Å². The first-order valence-electron chi connectivity index (χ1n) is 4.98. The Labute approximate surface area is 96.9 Å². The van der Waals surface area contributed by atoms with Gasteiger partial charge in [0.05, 0.1) is 12.1 Å². The van der Waals surface area contributed by atoms with Gasteiger partial charge in [-0.1, -0.05) is 0 Å². The predicted molar refractivity (Wildman–Crippen MR) is 63.8 cm³/mol. The number of halogens is 1. The van der Waals surface area contributed by atoms with E-state index in [4.69, 9.17) is 16.5 Å². The number of nitrogens with zero attached hydrogens (tertiary/aromatic N) is 2. The summed E-state index contributed by atoms with van der Waals surface area (Å²) in [7, 11) is 0. The van der Waals surface area contributed by atoms with Gasteiger partial charge >= 0.3 is 6.80 Å². The zero-order valence-corrected chi connectivity index (χ0v) is 11.5. The molecule has 2 unspecified atom stereocenters. The van der Waals surface area contributed by atoms with E-state index in [-0.39, 0.29) is 12.1 Å². The van der Waals surface area contributed by atoms with Gasteiger partial charge in [0.15, 0.2) is 0 Å². The van der Waals surface area contributed by atoms with Gasteiger partial charge in [-0.2, -0.15) is 5.26 Å². The van der Waals surface area contributed by atoms with E-state index in [0.717, 1.165) is 0 Å². The molecule has 6 heteroatoms. The zero-order chi connectivity index (χ0) is 12.2. The normalized spacial score (nSPS) is 17.9. The molecule has 0 aliphatic heterocycles. The third-order valence-electron chi connectivity index (χ3n) is 1.90. The fourth-order valence-corrected chi connectivity index (χ4v) is 4.87. The van der Waals surface area contributed by atoms with E-state index in [1.807, 2.05) is 33.8 Å². The highest BCUT2D eigenvalue weighted by molar-refractivity contribution is 7.85. The third kappa shape index (κ3) is 4.53. The highest BCUT2D eigenvalue weighted by atomic mass is 35.7. The topological polar surface area (TPSA) is 56.1 Å². The molecule has 0 aromatic carbocycles. The van der Waals surface area contributed by atoms with E-state index in [2.05, 4.69) is 5.09 Å². The van der Waals surface area contributed by atoms with E-state index in [0.29, 0.717) is 0 Å². The summed E-state index contributed by atoms with van der Waals surface area (Å²) in [5.74, 6) is 0. The summed E-state index contributed by atoms with van der Waals surface area (Å²) in [5, 5.41) is 11.3. The van der Waals surface area contributed by atoms with E-state index in [1.54, 1.807) is 11.6 Å². The maximum Gasteiger partial charge on any atom is 0.303 e. The van der Waals surface area contributed by atoms with Crippen molar-refractivity contribution in [2.75, 3.05) is 0 Å². The lowest BCUT2D eigenvalue weighted by molar-refractivity contribution is 0.300. The van der Waals surface area contributed by atoms with Gasteiger partial charge in [0, 0.05) is 12.1 Å². The molecule has 0 aromatic rings. The van der Waals surface area contributed by atoms with Crippen molar-refractivity contribution >= 4 is 18.0 Å². The van der Waals surface area contributed by atoms with Crippen LogP contribution in [-0.2, 0) is 4.57 Å². The number of hydrogen-bond acceptors (Lipinski definition) is 2. The van der Waals surface area contributed by atoms with E-state index >= 15 is 0 Å². The predicted octanol–water partition coefficient (Wildman–Crippen LogP) is 2.95. The Kier molecular flexibility index (Phi) is 5.84. The van der Waals surface area contributed by atoms with Gasteiger partial charge in [0.2, 0.25) is 0 Å². The second-order valence-electron chi connectivity index (χ2n) is 4.05. The molecule has 4 nitrogen and oxygen atoms in total. The third-order valence-corrected chi connectivity index (χ3v) is 4.94. The highest BCUT2D eigenvalue weighted by Crippen LogP contribution is 2.53. The van der Waals surface area contributed by atoms with Crippen molar-refractivity contribution in [1.29, 1.82) is 5.26 Å². The minimum absolute atomic E-state index is 0.0618. The van der Waals surface area contributed by atoms with Gasteiger partial charge in [-0.25, -0.2) is 9.76 Å². The first-order valence-corrected chi connectivity index (χ1v) is 7.54. The Balaban J connectivity index is 4.82. The summed E-state index contributed by atoms with van der Waals surface area (Å²) in [6, 6.07) is 1.56. The fourth-order valence-electron chi connectivity index (χ4n) is 1.52. The van der Waals surface area contributed by atoms with Crippen molar-refractivity contribution in [2.45, 2.75) is 52.7 Å². The molecule has 0 aliphatic carbocycles. The smallest absolute Gasteiger partial charge is 0.271 e. The lowest BCUT2D eigenvalue weighted by atomic mass is 10.3. The molecule has 0 aliphatic rings. The molecule has 1 N–H and O–H groups in total. The van der Waals surface area contributed by atoms with Crippen molar-refractivity contribution < 1.29 is 4.57 Å². The van der Waals surface area contributed by atoms with Gasteiger partial charge in [0.25, 0.3) is 0 Å². The first kappa shape index (κ1) is 14.9. The van der Waals surface area contributed by atoms with Crippen LogP contribution < -0.4 is 5.09 Å². The van der Waals surface area contributed by atoms with Crippen molar-refractivity contribution in [3.8, 4) is 6.07 Å². The first-order chi connectivity index (χ1) is 6.72. The summed E-state index contributed by atoms with van der Waals surface area (Å²) in [5.41, 5.74) is 0. The van der Waals surface area contributed by atoms with Crippen LogP contribution in [-0.4, -0.2) is 22.8 Å². The molecule has 0 heterocycles. The number of nitriles is 1. The second kappa shape index (κ2) is 5.86. The second-order valence-corrected chi connectivity index (χ2v) is 7.15. The number of rotatable bonds is 5. The molecular formula is C9H19ClN3OP. The molecule has 0 rings (SSSR count). The van der Waals surface area contributed by atoms with Crippen molar-refractivity contribution in [2.24, 2.45) is 0 Å². The van der Waals surface area contributed by atoms with Gasteiger partial charge in [-0.05, 0) is 45.9 Å². The molecule has 0 amide bonds. The van der Waals surface area contributed by atoms with Gasteiger partial charge < -0.3 is 0 Å². The molecule has 0 fully saturated rings.